The highest BCUT2D eigenvalue weighted by Gasteiger charge is 2.42. The number of aliphatic hydroxyl groups is 4. The molecular formula is C75H112N18O25. The van der Waals surface area contributed by atoms with Crippen LogP contribution in [-0.2, 0) is 101 Å². The monoisotopic (exact) mass is 1660 g/mol. The zero-order chi connectivity index (χ0) is 88.4. The first kappa shape index (κ1) is 98.6. The highest BCUT2D eigenvalue weighted by Crippen LogP contribution is 2.20. The minimum atomic E-state index is -2.05. The number of nitrogens with one attached hydrogen (secondary N) is 14. The summed E-state index contributed by atoms with van der Waals surface area (Å²) in [6.45, 7) is 9.23. The number of amides is 14. The zero-order valence-corrected chi connectivity index (χ0v) is 66.7. The summed E-state index contributed by atoms with van der Waals surface area (Å²) in [4.78, 5) is 238. The summed E-state index contributed by atoms with van der Waals surface area (Å²) in [5.74, 6) is -21.0. The maximum Gasteiger partial charge on any atom is 0.326 e. The fraction of sp³-hybridized carbons (Fsp3) is 0.573. The largest absolute Gasteiger partial charge is 0.508 e. The Hall–Kier alpha value is -11.8. The van der Waals surface area contributed by atoms with Crippen molar-refractivity contribution >= 4 is 101 Å². The SMILES string of the molecule is CC(C)C[C@H](NC(=O)[C@H](CC(=O)O)NC(=O)[C@@H](N)Cc1c[nH]cn1)C(=O)N[C@@H](CC(=O)O)C(=O)N[C@H](C(=O)N[C@@H](CC(C)C)C(=O)N[C@@H](CO)C(=O)NCC(=O)N1CCC[C@H]1C(=O)N[C@@H](Cc1ccccc1)C(=O)N[C@H](C(=O)N[C@@H](Cc1ccc(O)cc1)C(=O)N[C@H](C(=O)N[C@@H](C)C(=O)N[C@@H](CCCCN)C(=O)O)[C@@H](C)O)[C@@H](C)O)[C@@H](C)O. The third kappa shape index (κ3) is 33.1. The van der Waals surface area contributed by atoms with E-state index < -0.39 is 241 Å². The number of unbranched alkanes of at least 4 members (excludes halogenated alkanes) is 1. The predicted molar refractivity (Wildman–Crippen MR) is 415 cm³/mol. The Balaban J connectivity index is 1.47. The van der Waals surface area contributed by atoms with Gasteiger partial charge in [-0.1, -0.05) is 70.2 Å². The number of aromatic amines is 1. The smallest absolute Gasteiger partial charge is 0.326 e. The van der Waals surface area contributed by atoms with Gasteiger partial charge in [0.1, 0.15) is 84.3 Å². The Morgan fingerprint density at radius 3 is 1.39 bits per heavy atom. The van der Waals surface area contributed by atoms with Crippen LogP contribution in [0.5, 0.6) is 5.75 Å². The average molecular weight is 1670 g/mol. The predicted octanol–water partition coefficient (Wildman–Crippen LogP) is -7.19. The lowest BCUT2D eigenvalue weighted by Crippen LogP contribution is -2.63. The van der Waals surface area contributed by atoms with E-state index in [9.17, 15) is 122 Å². The molecule has 14 amide bonds. The van der Waals surface area contributed by atoms with Crippen molar-refractivity contribution in [3.8, 4) is 5.75 Å². The van der Waals surface area contributed by atoms with E-state index in [0.29, 0.717) is 29.7 Å². The number of carbonyl (C=O) groups is 17. The van der Waals surface area contributed by atoms with Gasteiger partial charge in [0.05, 0.1) is 62.4 Å². The van der Waals surface area contributed by atoms with Crippen molar-refractivity contribution in [1.82, 2.24) is 84.0 Å². The Morgan fingerprint density at radius 1 is 0.492 bits per heavy atom. The second-order valence-corrected chi connectivity index (χ2v) is 29.6. The minimum absolute atomic E-state index is 0.00994. The van der Waals surface area contributed by atoms with Gasteiger partial charge >= 0.3 is 17.9 Å². The van der Waals surface area contributed by atoms with Gasteiger partial charge < -0.3 is 131 Å². The van der Waals surface area contributed by atoms with Crippen molar-refractivity contribution in [2.45, 2.75) is 235 Å². The molecule has 43 nitrogen and oxygen atoms in total. The molecule has 0 saturated carbocycles. The van der Waals surface area contributed by atoms with E-state index in [1.807, 2.05) is 0 Å². The molecule has 0 unspecified atom stereocenters. The molecule has 118 heavy (non-hydrogen) atoms. The minimum Gasteiger partial charge on any atom is -0.508 e. The number of nitrogens with two attached hydrogens (primary N) is 2. The molecule has 0 aliphatic carbocycles. The van der Waals surface area contributed by atoms with Crippen LogP contribution in [0.4, 0.5) is 0 Å². The van der Waals surface area contributed by atoms with Crippen LogP contribution in [0.2, 0.25) is 0 Å². The van der Waals surface area contributed by atoms with Gasteiger partial charge in [0, 0.05) is 32.0 Å². The Labute approximate surface area is 679 Å². The summed E-state index contributed by atoms with van der Waals surface area (Å²) in [5.41, 5.74) is 12.6. The van der Waals surface area contributed by atoms with Crippen molar-refractivity contribution in [2.24, 2.45) is 23.3 Å². The number of benzene rings is 2. The van der Waals surface area contributed by atoms with Gasteiger partial charge in [-0.25, -0.2) is 9.78 Å². The molecule has 1 aliphatic rings. The maximum atomic E-state index is 14.5. The number of carboxylic acids is 3. The molecule has 0 spiro atoms. The third-order valence-electron chi connectivity index (χ3n) is 18.6. The zero-order valence-electron chi connectivity index (χ0n) is 66.7. The van der Waals surface area contributed by atoms with Crippen LogP contribution in [0.15, 0.2) is 67.1 Å². The average Bonchev–Trinajstić information content (AvgIpc) is 1.47. The van der Waals surface area contributed by atoms with E-state index in [0.717, 1.165) is 25.7 Å². The molecule has 1 aromatic heterocycles. The van der Waals surface area contributed by atoms with E-state index >= 15 is 0 Å². The normalized spacial score (nSPS) is 16.6. The highest BCUT2D eigenvalue weighted by molar-refractivity contribution is 6.01. The standard InChI is InChI=1S/C75H112N18O25/c1-36(2)25-48(84-67(109)52(30-57(100)101)83-63(105)46(77)29-44-32-78-35-80-44)65(107)85-53(31-58(102)103)70(112)92-60(40(7)96)73(115)87-49(26-37(3)4)66(108)89-54(34-94)64(106)79-33-56(99)93-24-14-18-55(93)71(113)86-50(27-42-15-10-9-11-16-42)68(110)91-61(41(8)97)74(116)88-51(28-43-19-21-45(98)22-20-43)69(111)90-59(39(6)95)72(114)81-38(5)62(104)82-47(75(117)118)17-12-13-23-76/h9-11,15-16,19-22,32,35-41,46-55,59-61,94-98H,12-14,17-18,23-31,33-34,76-77H2,1-8H3,(H,78,80)(H,79,106)(H,81,114)(H,82,104)(H,83,105)(H,84,109)(H,85,107)(H,86,113)(H,87,115)(H,88,116)(H,89,108)(H,90,111)(H,91,110)(H,92,112)(H,100,101)(H,102,103)(H,117,118)/t38-,39+,40+,41+,46-,47-,48-,49-,50-,51-,52-,53-,54-,55-,59-,60-,61-/m0/s1. The van der Waals surface area contributed by atoms with Gasteiger partial charge in [0.2, 0.25) is 82.7 Å². The number of hydrogen-bond donors (Lipinski definition) is 24. The number of H-pyrrole nitrogens is 1. The molecule has 0 bridgehead atoms. The van der Waals surface area contributed by atoms with Gasteiger partial charge in [0.15, 0.2) is 0 Å². The number of carbonyl (C=O) groups excluding carboxylic acids is 14. The molecule has 0 radical (unpaired) electrons. The van der Waals surface area contributed by atoms with Crippen molar-refractivity contribution in [1.29, 1.82) is 0 Å². The summed E-state index contributed by atoms with van der Waals surface area (Å²) < 4.78 is 0. The maximum absolute atomic E-state index is 14.5. The number of nitrogens with zero attached hydrogens (tertiary/aromatic N) is 2. The highest BCUT2D eigenvalue weighted by atomic mass is 16.4. The molecular weight excluding hydrogens is 1550 g/mol. The van der Waals surface area contributed by atoms with E-state index in [1.54, 1.807) is 58.0 Å². The van der Waals surface area contributed by atoms with Crippen LogP contribution in [0, 0.1) is 11.8 Å². The fourth-order valence-electron chi connectivity index (χ4n) is 12.2. The first-order valence-electron chi connectivity index (χ1n) is 38.3. The molecule has 1 fully saturated rings. The number of phenols is 1. The van der Waals surface area contributed by atoms with E-state index in [-0.39, 0.29) is 70.2 Å². The molecule has 1 saturated heterocycles. The summed E-state index contributed by atoms with van der Waals surface area (Å²) in [5, 5.41) is 113. The van der Waals surface area contributed by atoms with Gasteiger partial charge in [-0.15, -0.1) is 0 Å². The lowest BCUT2D eigenvalue weighted by atomic mass is 10.0. The fourth-order valence-corrected chi connectivity index (χ4v) is 12.2. The van der Waals surface area contributed by atoms with E-state index in [1.165, 1.54) is 43.7 Å². The Bertz CT molecular complexity index is 3930. The summed E-state index contributed by atoms with van der Waals surface area (Å²) in [6, 6.07) is -9.89. The van der Waals surface area contributed by atoms with Crippen LogP contribution >= 0.6 is 0 Å². The number of rotatable bonds is 50. The lowest BCUT2D eigenvalue weighted by molar-refractivity contribution is -0.143. The number of aliphatic hydroxyl groups excluding tert-OH is 4. The number of likely N-dealkylation sites (tertiary alicyclic amines) is 1. The third-order valence-corrected chi connectivity index (χ3v) is 18.6. The summed E-state index contributed by atoms with van der Waals surface area (Å²) in [6.07, 6.45) is -4.71. The molecule has 1 aliphatic heterocycles. The van der Waals surface area contributed by atoms with Crippen LogP contribution in [0.25, 0.3) is 0 Å². The number of aromatic nitrogens is 2. The summed E-state index contributed by atoms with van der Waals surface area (Å²) >= 11 is 0. The molecule has 17 atom stereocenters. The van der Waals surface area contributed by atoms with Gasteiger partial charge in [-0.05, 0) is 114 Å². The van der Waals surface area contributed by atoms with Gasteiger partial charge in [-0.3, -0.25) is 76.7 Å². The Morgan fingerprint density at radius 2 is 0.924 bits per heavy atom. The molecule has 652 valence electrons. The van der Waals surface area contributed by atoms with Crippen LogP contribution in [0.3, 0.4) is 0 Å². The first-order chi connectivity index (χ1) is 55.5. The van der Waals surface area contributed by atoms with Gasteiger partial charge in [0.25, 0.3) is 0 Å². The van der Waals surface area contributed by atoms with Crippen molar-refractivity contribution in [3.63, 3.8) is 0 Å². The number of aliphatic carboxylic acids is 3. The molecule has 4 rings (SSSR count). The second kappa shape index (κ2) is 48.7. The molecule has 2 aromatic carbocycles. The number of hydrogen-bond acceptors (Lipinski definition) is 25. The van der Waals surface area contributed by atoms with Crippen molar-refractivity contribution in [2.75, 3.05) is 26.2 Å². The number of imidazole rings is 1. The molecule has 2 heterocycles. The first-order valence-corrected chi connectivity index (χ1v) is 38.3. The number of phenolic OH excluding ortho intramolecular Hbond substituents is 1. The van der Waals surface area contributed by atoms with Gasteiger partial charge in [-0.2, -0.15) is 0 Å². The molecule has 3 aromatic rings. The van der Waals surface area contributed by atoms with Crippen LogP contribution in [0.1, 0.15) is 130 Å². The lowest BCUT2D eigenvalue weighted by Gasteiger charge is -2.29. The second-order valence-electron chi connectivity index (χ2n) is 29.6. The van der Waals surface area contributed by atoms with Crippen LogP contribution in [-0.4, -0.2) is 285 Å². The van der Waals surface area contributed by atoms with Crippen LogP contribution < -0.4 is 80.6 Å². The Kier molecular flexibility index (Phi) is 40.7. The number of aromatic hydroxyl groups is 1. The topological polar surface area (TPSA) is 692 Å². The quantitative estimate of drug-likeness (QED) is 0.0234. The van der Waals surface area contributed by atoms with Crippen molar-refractivity contribution in [3.05, 3.63) is 83.9 Å². The van der Waals surface area contributed by atoms with Crippen molar-refractivity contribution < 1.29 is 122 Å². The molecule has 26 N–H and O–H groups in total. The van der Waals surface area contributed by atoms with E-state index in [4.69, 9.17) is 11.5 Å². The summed E-state index contributed by atoms with van der Waals surface area (Å²) in [7, 11) is 0. The van der Waals surface area contributed by atoms with E-state index in [2.05, 4.69) is 79.1 Å². The number of carboxylic acid groups (broad SMARTS) is 3. The molecule has 43 heteroatoms.